The third-order valence-corrected chi connectivity index (χ3v) is 5.02. The maximum absolute atomic E-state index is 12.4. The minimum absolute atomic E-state index is 0.0666. The van der Waals surface area contributed by atoms with Crippen LogP contribution in [-0.2, 0) is 13.0 Å². The van der Waals surface area contributed by atoms with Crippen LogP contribution in [0, 0.1) is 0 Å². The lowest BCUT2D eigenvalue weighted by atomic mass is 9.87. The molecule has 4 rings (SSSR count). The van der Waals surface area contributed by atoms with Crippen LogP contribution in [0.15, 0.2) is 53.5 Å². The third kappa shape index (κ3) is 2.65. The van der Waals surface area contributed by atoms with E-state index in [-0.39, 0.29) is 5.69 Å². The molecule has 0 unspecified atom stereocenters. The van der Waals surface area contributed by atoms with Gasteiger partial charge in [0.1, 0.15) is 0 Å². The number of nitrogens with zero attached hydrogens (tertiary/aromatic N) is 4. The molecule has 0 radical (unpaired) electrons. The Balaban J connectivity index is 1.52. The van der Waals surface area contributed by atoms with E-state index in [1.807, 2.05) is 18.2 Å². The van der Waals surface area contributed by atoms with Gasteiger partial charge >= 0.3 is 5.69 Å². The number of hydrogen-bond acceptors (Lipinski definition) is 3. The molecule has 1 aliphatic carbocycles. The molecule has 0 fully saturated rings. The monoisotopic (exact) mass is 322 g/mol. The van der Waals surface area contributed by atoms with E-state index in [0.29, 0.717) is 18.2 Å². The molecule has 5 heteroatoms. The summed E-state index contributed by atoms with van der Waals surface area (Å²) in [5.41, 5.74) is 3.54. The molecule has 5 nitrogen and oxygen atoms in total. The van der Waals surface area contributed by atoms with Crippen LogP contribution in [0.1, 0.15) is 30.0 Å². The zero-order valence-corrected chi connectivity index (χ0v) is 13.9. The van der Waals surface area contributed by atoms with Gasteiger partial charge in [0.25, 0.3) is 0 Å². The maximum Gasteiger partial charge on any atom is 0.350 e. The Morgan fingerprint density at radius 1 is 1.21 bits per heavy atom. The molecule has 24 heavy (non-hydrogen) atoms. The summed E-state index contributed by atoms with van der Waals surface area (Å²) < 4.78 is 3.16. The average Bonchev–Trinajstić information content (AvgIpc) is 2.95. The first kappa shape index (κ1) is 15.1. The SMILES string of the molecule is CN(CCn1nc2ccccn2c1=O)[C@H]1CCCc2ccccc21. The fraction of sp³-hybridized carbons (Fsp3) is 0.368. The number of hydrogen-bond donors (Lipinski definition) is 0. The smallest absolute Gasteiger partial charge is 0.298 e. The van der Waals surface area contributed by atoms with Crippen LogP contribution in [-0.4, -0.2) is 32.7 Å². The van der Waals surface area contributed by atoms with Crippen molar-refractivity contribution in [3.05, 3.63) is 70.3 Å². The van der Waals surface area contributed by atoms with E-state index < -0.39 is 0 Å². The molecule has 0 saturated carbocycles. The summed E-state index contributed by atoms with van der Waals surface area (Å²) >= 11 is 0. The number of aromatic nitrogens is 3. The Kier molecular flexibility index (Phi) is 3.94. The topological polar surface area (TPSA) is 42.5 Å². The lowest BCUT2D eigenvalue weighted by molar-refractivity contribution is 0.210. The average molecular weight is 322 g/mol. The second-order valence-electron chi connectivity index (χ2n) is 6.52. The van der Waals surface area contributed by atoms with Gasteiger partial charge in [0.15, 0.2) is 5.65 Å². The van der Waals surface area contributed by atoms with Crippen LogP contribution in [0.4, 0.5) is 0 Å². The van der Waals surface area contributed by atoms with Crippen LogP contribution in [0.5, 0.6) is 0 Å². The predicted octanol–water partition coefficient (Wildman–Crippen LogP) is 2.51. The number of aryl methyl sites for hydroxylation is 1. The number of pyridine rings is 1. The number of likely N-dealkylation sites (N-methyl/N-ethyl adjacent to an activating group) is 1. The second kappa shape index (κ2) is 6.24. The number of rotatable bonds is 4. The lowest BCUT2D eigenvalue weighted by Gasteiger charge is -2.33. The van der Waals surface area contributed by atoms with Crippen molar-refractivity contribution in [3.63, 3.8) is 0 Å². The van der Waals surface area contributed by atoms with Crippen LogP contribution >= 0.6 is 0 Å². The maximum atomic E-state index is 12.4. The van der Waals surface area contributed by atoms with Crippen molar-refractivity contribution in [3.8, 4) is 0 Å². The first-order chi connectivity index (χ1) is 11.7. The molecule has 0 spiro atoms. The van der Waals surface area contributed by atoms with Crippen LogP contribution in [0.25, 0.3) is 5.65 Å². The number of fused-ring (bicyclic) bond motifs is 2. The molecule has 1 aliphatic rings. The van der Waals surface area contributed by atoms with Crippen molar-refractivity contribution < 1.29 is 0 Å². The standard InChI is InChI=1S/C19H22N4O/c1-21(17-10-6-8-15-7-2-3-9-16(15)17)13-14-23-19(24)22-12-5-4-11-18(22)20-23/h2-5,7,9,11-12,17H,6,8,10,13-14H2,1H3/t17-/m0/s1. The fourth-order valence-electron chi connectivity index (χ4n) is 3.71. The largest absolute Gasteiger partial charge is 0.350 e. The highest BCUT2D eigenvalue weighted by Gasteiger charge is 2.23. The minimum Gasteiger partial charge on any atom is -0.298 e. The van der Waals surface area contributed by atoms with Crippen molar-refractivity contribution in [1.29, 1.82) is 0 Å². The molecular weight excluding hydrogens is 300 g/mol. The van der Waals surface area contributed by atoms with Crippen LogP contribution < -0.4 is 5.69 Å². The summed E-state index contributed by atoms with van der Waals surface area (Å²) in [6, 6.07) is 14.8. The van der Waals surface area contributed by atoms with E-state index in [1.54, 1.807) is 15.3 Å². The first-order valence-electron chi connectivity index (χ1n) is 8.56. The molecule has 1 atom stereocenters. The summed E-state index contributed by atoms with van der Waals surface area (Å²) in [6.07, 6.45) is 5.34. The number of benzene rings is 1. The van der Waals surface area contributed by atoms with E-state index in [4.69, 9.17) is 0 Å². The van der Waals surface area contributed by atoms with Gasteiger partial charge in [-0.1, -0.05) is 30.3 Å². The molecule has 124 valence electrons. The fourth-order valence-corrected chi connectivity index (χ4v) is 3.71. The Labute approximate surface area is 141 Å². The lowest BCUT2D eigenvalue weighted by Crippen LogP contribution is -2.33. The summed E-state index contributed by atoms with van der Waals surface area (Å²) in [6.45, 7) is 1.42. The summed E-state index contributed by atoms with van der Waals surface area (Å²) in [7, 11) is 2.15. The Morgan fingerprint density at radius 2 is 2.04 bits per heavy atom. The van der Waals surface area contributed by atoms with Crippen molar-refractivity contribution in [2.45, 2.75) is 31.8 Å². The summed E-state index contributed by atoms with van der Waals surface area (Å²) in [5.74, 6) is 0. The second-order valence-corrected chi connectivity index (χ2v) is 6.52. The highest BCUT2D eigenvalue weighted by atomic mass is 16.2. The van der Waals surface area contributed by atoms with Crippen molar-refractivity contribution >= 4 is 5.65 Å². The Hall–Kier alpha value is -2.40. The third-order valence-electron chi connectivity index (χ3n) is 5.02. The van der Waals surface area contributed by atoms with Crippen LogP contribution in [0.3, 0.4) is 0 Å². The quantitative estimate of drug-likeness (QED) is 0.741. The highest BCUT2D eigenvalue weighted by Crippen LogP contribution is 2.33. The van der Waals surface area contributed by atoms with Gasteiger partial charge in [0.05, 0.1) is 6.54 Å². The van der Waals surface area contributed by atoms with Gasteiger partial charge < -0.3 is 0 Å². The van der Waals surface area contributed by atoms with Crippen molar-refractivity contribution in [2.24, 2.45) is 0 Å². The minimum atomic E-state index is -0.0666. The van der Waals surface area contributed by atoms with Gasteiger partial charge in [-0.15, -0.1) is 5.10 Å². The molecular formula is C19H22N4O. The molecule has 0 amide bonds. The summed E-state index contributed by atoms with van der Waals surface area (Å²) in [5, 5.41) is 4.41. The van der Waals surface area contributed by atoms with E-state index in [9.17, 15) is 4.79 Å². The molecule has 0 aliphatic heterocycles. The van der Waals surface area contributed by atoms with E-state index in [2.05, 4.69) is 41.3 Å². The van der Waals surface area contributed by atoms with Gasteiger partial charge in [-0.25, -0.2) is 9.48 Å². The molecule has 0 saturated heterocycles. The zero-order valence-electron chi connectivity index (χ0n) is 13.9. The molecule has 0 bridgehead atoms. The molecule has 0 N–H and O–H groups in total. The van der Waals surface area contributed by atoms with Crippen molar-refractivity contribution in [2.75, 3.05) is 13.6 Å². The Morgan fingerprint density at radius 3 is 2.92 bits per heavy atom. The van der Waals surface area contributed by atoms with Gasteiger partial charge in [-0.3, -0.25) is 9.30 Å². The molecule has 2 heterocycles. The highest BCUT2D eigenvalue weighted by molar-refractivity contribution is 5.35. The predicted molar refractivity (Wildman–Crippen MR) is 94.2 cm³/mol. The Bertz CT molecular complexity index is 911. The van der Waals surface area contributed by atoms with Gasteiger partial charge in [-0.2, -0.15) is 0 Å². The van der Waals surface area contributed by atoms with Crippen LogP contribution in [0.2, 0.25) is 0 Å². The zero-order chi connectivity index (χ0) is 16.5. The van der Waals surface area contributed by atoms with Crippen molar-refractivity contribution in [1.82, 2.24) is 19.1 Å². The van der Waals surface area contributed by atoms with E-state index >= 15 is 0 Å². The van der Waals surface area contributed by atoms with E-state index in [1.165, 1.54) is 30.4 Å². The van der Waals surface area contributed by atoms with Gasteiger partial charge in [-0.05, 0) is 49.6 Å². The molecule has 2 aromatic heterocycles. The molecule has 3 aromatic rings. The first-order valence-corrected chi connectivity index (χ1v) is 8.56. The molecule has 1 aromatic carbocycles. The van der Waals surface area contributed by atoms with E-state index in [0.717, 1.165) is 6.54 Å². The summed E-state index contributed by atoms with van der Waals surface area (Å²) in [4.78, 5) is 14.7. The van der Waals surface area contributed by atoms with Gasteiger partial charge in [0.2, 0.25) is 0 Å². The van der Waals surface area contributed by atoms with Gasteiger partial charge in [0, 0.05) is 18.8 Å². The normalized spacial score (nSPS) is 17.3.